The van der Waals surface area contributed by atoms with Gasteiger partial charge in [-0.15, -0.1) is 0 Å². The summed E-state index contributed by atoms with van der Waals surface area (Å²) in [6.45, 7) is 10.7. The number of fused-ring (bicyclic) bond motifs is 2. The number of anilines is 1. The fourth-order valence-corrected chi connectivity index (χ4v) is 7.24. The molecule has 0 bridgehead atoms. The van der Waals surface area contributed by atoms with E-state index < -0.39 is 63.2 Å². The van der Waals surface area contributed by atoms with Gasteiger partial charge in [0, 0.05) is 35.7 Å². The minimum Gasteiger partial charge on any atom is -0.486 e. The number of primary amides is 1. The van der Waals surface area contributed by atoms with Crippen LogP contribution in [-0.4, -0.2) is 59.9 Å². The van der Waals surface area contributed by atoms with Gasteiger partial charge in [-0.05, 0) is 66.0 Å². The van der Waals surface area contributed by atoms with Crippen LogP contribution in [0.15, 0.2) is 42.5 Å². The number of nitrogens with two attached hydrogens (primary N) is 1. The highest BCUT2D eigenvalue weighted by Gasteiger charge is 2.54. The molecule has 13 heteroatoms. The maximum Gasteiger partial charge on any atom is 0.415 e. The van der Waals surface area contributed by atoms with Gasteiger partial charge in [-0.25, -0.2) is 18.4 Å². The van der Waals surface area contributed by atoms with Gasteiger partial charge in [-0.3, -0.25) is 9.69 Å². The van der Waals surface area contributed by atoms with E-state index in [1.165, 1.54) is 6.07 Å². The lowest BCUT2D eigenvalue weighted by molar-refractivity contribution is -0.0216. The normalized spacial score (nSPS) is 20.1. The highest BCUT2D eigenvalue weighted by Crippen LogP contribution is 2.54. The summed E-state index contributed by atoms with van der Waals surface area (Å²) >= 11 is 6.69. The molecule has 3 aromatic rings. The number of likely N-dealkylation sites (tertiary alicyclic amines) is 1. The van der Waals surface area contributed by atoms with Crippen molar-refractivity contribution in [3.8, 4) is 22.6 Å². The average molecular weight is 712 g/mol. The number of amides is 3. The molecule has 0 spiro atoms. The number of hydrogen-bond donors (Lipinski definition) is 1. The van der Waals surface area contributed by atoms with Gasteiger partial charge in [0.05, 0.1) is 28.9 Å². The molecule has 0 saturated carbocycles. The molecule has 2 atom stereocenters. The summed E-state index contributed by atoms with van der Waals surface area (Å²) in [5.74, 6) is -3.33. The Morgan fingerprint density at radius 3 is 2.26 bits per heavy atom. The maximum absolute atomic E-state index is 17.0. The van der Waals surface area contributed by atoms with Gasteiger partial charge in [-0.1, -0.05) is 41.9 Å². The van der Waals surface area contributed by atoms with Crippen molar-refractivity contribution < 1.29 is 42.1 Å². The van der Waals surface area contributed by atoms with Crippen LogP contribution in [0.25, 0.3) is 11.1 Å². The molecule has 6 rings (SSSR count). The molecule has 1 fully saturated rings. The van der Waals surface area contributed by atoms with Crippen molar-refractivity contribution in [2.75, 3.05) is 24.6 Å². The second-order valence-corrected chi connectivity index (χ2v) is 15.1. The summed E-state index contributed by atoms with van der Waals surface area (Å²) in [5.41, 5.74) is 2.98. The summed E-state index contributed by atoms with van der Waals surface area (Å²) < 4.78 is 56.5. The van der Waals surface area contributed by atoms with Crippen LogP contribution in [-0.2, 0) is 21.5 Å². The molecule has 3 aromatic carbocycles. The van der Waals surface area contributed by atoms with Crippen molar-refractivity contribution in [3.63, 3.8) is 0 Å². The third kappa shape index (κ3) is 6.29. The maximum atomic E-state index is 17.0. The molecule has 0 aromatic heterocycles. The number of benzene rings is 3. The summed E-state index contributed by atoms with van der Waals surface area (Å²) in [5, 5.41) is -0.465. The van der Waals surface area contributed by atoms with E-state index in [0.29, 0.717) is 30.5 Å². The van der Waals surface area contributed by atoms with Gasteiger partial charge >= 0.3 is 12.2 Å². The number of rotatable bonds is 4. The van der Waals surface area contributed by atoms with Crippen LogP contribution in [0.3, 0.4) is 0 Å². The van der Waals surface area contributed by atoms with Crippen molar-refractivity contribution in [1.82, 2.24) is 4.90 Å². The number of ether oxygens (including phenoxy) is 4. The van der Waals surface area contributed by atoms with Crippen LogP contribution < -0.4 is 20.1 Å². The highest BCUT2D eigenvalue weighted by molar-refractivity contribution is 6.34. The standard InChI is InChI=1S/C37H40ClF2N3O7/c1-35(2,3)49-33(45)42-15-16-47-31-24(42)17-21(32(41)44)28(30(31)40)27-22-19-37(20-11-8-7-9-12-20,48-25(22)18-23(39)29(27)38)26-13-10-14-43(26)34(46)50-36(4,5)6/h7-9,11-12,17-18,26H,10,13-16,19H2,1-6H3,(H2,41,44)/t26-,37-/m0/s1. The topological polar surface area (TPSA) is 121 Å². The molecular formula is C37H40ClF2N3O7. The van der Waals surface area contributed by atoms with E-state index in [1.807, 2.05) is 30.3 Å². The number of nitrogens with zero attached hydrogens (tertiary/aromatic N) is 2. The molecule has 0 unspecified atom stereocenters. The molecule has 10 nitrogen and oxygen atoms in total. The van der Waals surface area contributed by atoms with Crippen LogP contribution >= 0.6 is 11.6 Å². The first-order valence-electron chi connectivity index (χ1n) is 16.5. The Morgan fingerprint density at radius 2 is 1.62 bits per heavy atom. The van der Waals surface area contributed by atoms with Crippen molar-refractivity contribution >= 4 is 35.4 Å². The minimum atomic E-state index is -1.27. The first-order chi connectivity index (χ1) is 23.4. The Bertz CT molecular complexity index is 1880. The van der Waals surface area contributed by atoms with Crippen LogP contribution in [0.5, 0.6) is 11.5 Å². The lowest BCUT2D eigenvalue weighted by Crippen LogP contribution is -2.53. The molecule has 0 aliphatic carbocycles. The number of hydrogen-bond acceptors (Lipinski definition) is 7. The van der Waals surface area contributed by atoms with Crippen LogP contribution in [0.2, 0.25) is 5.02 Å². The molecule has 50 heavy (non-hydrogen) atoms. The van der Waals surface area contributed by atoms with E-state index in [1.54, 1.807) is 46.4 Å². The van der Waals surface area contributed by atoms with Crippen molar-refractivity contribution in [2.45, 2.75) is 83.6 Å². The Labute approximate surface area is 294 Å². The molecule has 3 heterocycles. The van der Waals surface area contributed by atoms with Crippen LogP contribution in [0.4, 0.5) is 24.1 Å². The second kappa shape index (κ2) is 12.6. The molecule has 0 radical (unpaired) electrons. The van der Waals surface area contributed by atoms with Crippen molar-refractivity contribution in [1.29, 1.82) is 0 Å². The van der Waals surface area contributed by atoms with Crippen molar-refractivity contribution in [2.24, 2.45) is 5.73 Å². The predicted octanol–water partition coefficient (Wildman–Crippen LogP) is 7.75. The van der Waals surface area contributed by atoms with Crippen molar-refractivity contribution in [3.05, 3.63) is 75.8 Å². The third-order valence-electron chi connectivity index (χ3n) is 8.88. The molecular weight excluding hydrogens is 672 g/mol. The number of carbonyl (C=O) groups is 3. The van der Waals surface area contributed by atoms with E-state index >= 15 is 8.78 Å². The van der Waals surface area contributed by atoms with Gasteiger partial charge in [-0.2, -0.15) is 0 Å². The predicted molar refractivity (Wildman–Crippen MR) is 183 cm³/mol. The number of halogens is 3. The third-order valence-corrected chi connectivity index (χ3v) is 9.25. The molecule has 266 valence electrons. The molecule has 3 aliphatic heterocycles. The minimum absolute atomic E-state index is 0.0119. The van der Waals surface area contributed by atoms with E-state index in [2.05, 4.69) is 0 Å². The van der Waals surface area contributed by atoms with Gasteiger partial charge in [0.2, 0.25) is 5.91 Å². The zero-order valence-electron chi connectivity index (χ0n) is 28.8. The quantitative estimate of drug-likeness (QED) is 0.294. The Balaban J connectivity index is 1.53. The van der Waals surface area contributed by atoms with Crippen LogP contribution in [0, 0.1) is 11.6 Å². The smallest absolute Gasteiger partial charge is 0.415 e. The summed E-state index contributed by atoms with van der Waals surface area (Å²) in [7, 11) is 0. The highest BCUT2D eigenvalue weighted by atomic mass is 35.5. The van der Waals surface area contributed by atoms with E-state index in [4.69, 9.17) is 36.3 Å². The zero-order chi connectivity index (χ0) is 36.3. The van der Waals surface area contributed by atoms with E-state index in [0.717, 1.165) is 11.0 Å². The molecule has 2 N–H and O–H groups in total. The van der Waals surface area contributed by atoms with E-state index in [-0.39, 0.29) is 47.9 Å². The molecule has 3 amide bonds. The lowest BCUT2D eigenvalue weighted by Gasteiger charge is -2.40. The largest absolute Gasteiger partial charge is 0.486 e. The fourth-order valence-electron chi connectivity index (χ4n) is 6.97. The first-order valence-corrected chi connectivity index (χ1v) is 16.8. The van der Waals surface area contributed by atoms with E-state index in [9.17, 15) is 14.4 Å². The van der Waals surface area contributed by atoms with Gasteiger partial charge in [0.25, 0.3) is 0 Å². The summed E-state index contributed by atoms with van der Waals surface area (Å²) in [6.07, 6.45) is -0.103. The Kier molecular flexibility index (Phi) is 8.91. The average Bonchev–Trinajstić information content (AvgIpc) is 3.67. The molecule has 1 saturated heterocycles. The number of carbonyl (C=O) groups excluding carboxylic acids is 3. The van der Waals surface area contributed by atoms with Gasteiger partial charge < -0.3 is 29.6 Å². The Hall–Kier alpha value is -4.58. The Morgan fingerprint density at radius 1 is 0.960 bits per heavy atom. The zero-order valence-corrected chi connectivity index (χ0v) is 29.6. The van der Waals surface area contributed by atoms with Gasteiger partial charge in [0.15, 0.2) is 17.2 Å². The summed E-state index contributed by atoms with van der Waals surface area (Å²) in [4.78, 5) is 42.5. The monoisotopic (exact) mass is 711 g/mol. The molecule has 3 aliphatic rings. The van der Waals surface area contributed by atoms with Crippen LogP contribution in [0.1, 0.15) is 75.9 Å². The van der Waals surface area contributed by atoms with Gasteiger partial charge in [0.1, 0.15) is 29.4 Å². The summed E-state index contributed by atoms with van der Waals surface area (Å²) in [6, 6.07) is 11.0. The lowest BCUT2D eigenvalue weighted by atomic mass is 9.79. The fraction of sp³-hybridized carbons (Fsp3) is 0.432. The first kappa shape index (κ1) is 35.3. The SMILES string of the molecule is CC(C)(C)OC(=O)N1CCOc2c1cc(C(N)=O)c(-c1c(Cl)c(F)cc3c1C[C@](c1ccccc1)([C@@H]1CCCN1C(=O)OC(C)(C)C)O3)c2F. The second-order valence-electron chi connectivity index (χ2n) is 14.7.